The number of halogens is 3. The molecule has 2 heterocycles. The molecule has 156 valence electrons. The van der Waals surface area contributed by atoms with Gasteiger partial charge in [-0.2, -0.15) is 13.2 Å². The van der Waals surface area contributed by atoms with E-state index in [2.05, 4.69) is 40.5 Å². The predicted octanol–water partition coefficient (Wildman–Crippen LogP) is 2.09. The first-order chi connectivity index (χ1) is 13.2. The summed E-state index contributed by atoms with van der Waals surface area (Å²) < 4.78 is 37.7. The molecule has 2 saturated heterocycles. The number of piperidine rings is 1. The topological polar surface area (TPSA) is 78.9 Å². The molecule has 2 N–H and O–H groups in total. The van der Waals surface area contributed by atoms with Crippen LogP contribution >= 0.6 is 0 Å². The fourth-order valence-electron chi connectivity index (χ4n) is 3.46. The first-order valence-corrected chi connectivity index (χ1v) is 9.14. The number of hydrogen-bond acceptors (Lipinski definition) is 4. The van der Waals surface area contributed by atoms with E-state index in [1.165, 1.54) is 5.56 Å². The molecule has 2 aliphatic heterocycles. The van der Waals surface area contributed by atoms with Crippen LogP contribution in [0.3, 0.4) is 0 Å². The normalized spacial score (nSPS) is 24.6. The molecule has 0 radical (unpaired) electrons. The van der Waals surface area contributed by atoms with E-state index in [9.17, 15) is 18.0 Å². The molecule has 1 aromatic rings. The van der Waals surface area contributed by atoms with Gasteiger partial charge in [0.2, 0.25) is 5.91 Å². The molecule has 2 fully saturated rings. The van der Waals surface area contributed by atoms with E-state index >= 15 is 0 Å². The highest BCUT2D eigenvalue weighted by Crippen LogP contribution is 2.33. The SMILES string of the molecule is CNC(=O)[C@H]1C[C@@H]2CCN(CCc3ccccc3)C[C@@H]2O1.O=C(O)C(F)(F)F. The number of carboxylic acids is 1. The number of nitrogens with one attached hydrogen (secondary N) is 1. The highest BCUT2D eigenvalue weighted by Gasteiger charge is 2.41. The zero-order valence-corrected chi connectivity index (χ0v) is 15.6. The van der Waals surface area contributed by atoms with Gasteiger partial charge in [0.05, 0.1) is 6.10 Å². The Morgan fingerprint density at radius 3 is 2.50 bits per heavy atom. The van der Waals surface area contributed by atoms with Crippen LogP contribution in [0.2, 0.25) is 0 Å². The van der Waals surface area contributed by atoms with E-state index in [0.717, 1.165) is 38.9 Å². The summed E-state index contributed by atoms with van der Waals surface area (Å²) >= 11 is 0. The fourth-order valence-corrected chi connectivity index (χ4v) is 3.46. The third kappa shape index (κ3) is 6.49. The lowest BCUT2D eigenvalue weighted by atomic mass is 9.91. The largest absolute Gasteiger partial charge is 0.490 e. The van der Waals surface area contributed by atoms with Gasteiger partial charge >= 0.3 is 12.1 Å². The Bertz CT molecular complexity index is 654. The van der Waals surface area contributed by atoms with Gasteiger partial charge in [0.1, 0.15) is 6.10 Å². The molecule has 3 atom stereocenters. The van der Waals surface area contributed by atoms with E-state index < -0.39 is 12.1 Å². The highest BCUT2D eigenvalue weighted by molar-refractivity contribution is 5.80. The maximum absolute atomic E-state index is 11.7. The van der Waals surface area contributed by atoms with Gasteiger partial charge in [-0.25, -0.2) is 4.79 Å². The van der Waals surface area contributed by atoms with Gasteiger partial charge in [-0.05, 0) is 37.3 Å². The van der Waals surface area contributed by atoms with Crippen LogP contribution in [0.4, 0.5) is 13.2 Å². The Kier molecular flexibility index (Phi) is 7.82. The lowest BCUT2D eigenvalue weighted by molar-refractivity contribution is -0.192. The van der Waals surface area contributed by atoms with E-state index in [4.69, 9.17) is 14.6 Å². The minimum Gasteiger partial charge on any atom is -0.475 e. The van der Waals surface area contributed by atoms with Crippen LogP contribution in [-0.2, 0) is 20.7 Å². The van der Waals surface area contributed by atoms with Crippen molar-refractivity contribution in [1.29, 1.82) is 0 Å². The van der Waals surface area contributed by atoms with Crippen LogP contribution in [0.15, 0.2) is 30.3 Å². The Morgan fingerprint density at radius 1 is 1.29 bits per heavy atom. The molecule has 0 bridgehead atoms. The predicted molar refractivity (Wildman–Crippen MR) is 95.7 cm³/mol. The van der Waals surface area contributed by atoms with Crippen molar-refractivity contribution in [3.8, 4) is 0 Å². The summed E-state index contributed by atoms with van der Waals surface area (Å²) in [6, 6.07) is 10.6. The van der Waals surface area contributed by atoms with Crippen LogP contribution in [0.1, 0.15) is 18.4 Å². The summed E-state index contributed by atoms with van der Waals surface area (Å²) in [6.45, 7) is 3.16. The van der Waals surface area contributed by atoms with E-state index in [-0.39, 0.29) is 18.1 Å². The van der Waals surface area contributed by atoms with Crippen LogP contribution in [-0.4, -0.2) is 66.9 Å². The summed E-state index contributed by atoms with van der Waals surface area (Å²) in [4.78, 5) is 23.1. The van der Waals surface area contributed by atoms with Crippen molar-refractivity contribution in [3.05, 3.63) is 35.9 Å². The molecule has 6 nitrogen and oxygen atoms in total. The molecule has 1 aromatic carbocycles. The Hall–Kier alpha value is -2.13. The quantitative estimate of drug-likeness (QED) is 0.806. The number of likely N-dealkylation sites (N-methyl/N-ethyl adjacent to an activating group) is 1. The van der Waals surface area contributed by atoms with Crippen molar-refractivity contribution in [2.45, 2.75) is 37.6 Å². The van der Waals surface area contributed by atoms with Crippen molar-refractivity contribution >= 4 is 11.9 Å². The molecule has 0 aromatic heterocycles. The summed E-state index contributed by atoms with van der Waals surface area (Å²) in [7, 11) is 1.68. The van der Waals surface area contributed by atoms with E-state index in [1.54, 1.807) is 7.05 Å². The van der Waals surface area contributed by atoms with E-state index in [1.807, 2.05) is 0 Å². The van der Waals surface area contributed by atoms with E-state index in [0.29, 0.717) is 5.92 Å². The Balaban J connectivity index is 0.000000345. The molecule has 0 saturated carbocycles. The number of hydrogen-bond donors (Lipinski definition) is 2. The van der Waals surface area contributed by atoms with Gasteiger partial charge in [-0.3, -0.25) is 4.79 Å². The first-order valence-electron chi connectivity index (χ1n) is 9.14. The molecule has 9 heteroatoms. The number of amides is 1. The standard InChI is InChI=1S/C17H24N2O2.C2HF3O2/c1-18-17(20)15-11-14-8-10-19(12-16(14)21-15)9-7-13-5-3-2-4-6-13;3-2(4,5)1(6)7/h2-6,14-16H,7-12H2,1H3,(H,18,20);(H,6,7)/t14-,15+,16-;/m0./s1. The minimum atomic E-state index is -5.08. The number of fused-ring (bicyclic) bond motifs is 1. The smallest absolute Gasteiger partial charge is 0.475 e. The van der Waals surface area contributed by atoms with Gasteiger partial charge in [-0.1, -0.05) is 30.3 Å². The number of nitrogens with zero attached hydrogens (tertiary/aromatic N) is 1. The number of alkyl halides is 3. The van der Waals surface area contributed by atoms with Crippen molar-refractivity contribution in [1.82, 2.24) is 10.2 Å². The number of aliphatic carboxylic acids is 1. The van der Waals surface area contributed by atoms with Gasteiger partial charge in [0.15, 0.2) is 0 Å². The number of carboxylic acid groups (broad SMARTS) is 1. The van der Waals surface area contributed by atoms with Crippen LogP contribution in [0.5, 0.6) is 0 Å². The average Bonchev–Trinajstić information content (AvgIpc) is 3.09. The molecular formula is C19H25F3N2O4. The number of rotatable bonds is 4. The maximum Gasteiger partial charge on any atom is 0.490 e. The second-order valence-electron chi connectivity index (χ2n) is 6.90. The molecule has 28 heavy (non-hydrogen) atoms. The zero-order chi connectivity index (χ0) is 20.7. The Labute approximate surface area is 161 Å². The van der Waals surface area contributed by atoms with Crippen molar-refractivity contribution in [2.24, 2.45) is 5.92 Å². The second-order valence-corrected chi connectivity index (χ2v) is 6.90. The minimum absolute atomic E-state index is 0.0280. The Morgan fingerprint density at radius 2 is 1.93 bits per heavy atom. The lowest BCUT2D eigenvalue weighted by Crippen LogP contribution is -2.43. The number of likely N-dealkylation sites (tertiary alicyclic amines) is 1. The molecule has 2 aliphatic rings. The monoisotopic (exact) mass is 402 g/mol. The van der Waals surface area contributed by atoms with Crippen molar-refractivity contribution < 1.29 is 32.6 Å². The number of ether oxygens (including phenoxy) is 1. The molecule has 0 aliphatic carbocycles. The summed E-state index contributed by atoms with van der Waals surface area (Å²) in [5.74, 6) is -2.17. The molecule has 0 unspecified atom stereocenters. The molecule has 0 spiro atoms. The van der Waals surface area contributed by atoms with Crippen LogP contribution in [0.25, 0.3) is 0 Å². The molecule has 1 amide bonds. The maximum atomic E-state index is 11.7. The van der Waals surface area contributed by atoms with Gasteiger partial charge in [0.25, 0.3) is 0 Å². The first kappa shape index (κ1) is 22.2. The van der Waals surface area contributed by atoms with Gasteiger partial charge in [-0.15, -0.1) is 0 Å². The van der Waals surface area contributed by atoms with Crippen LogP contribution < -0.4 is 5.32 Å². The average molecular weight is 402 g/mol. The van der Waals surface area contributed by atoms with Crippen molar-refractivity contribution in [3.63, 3.8) is 0 Å². The highest BCUT2D eigenvalue weighted by atomic mass is 19.4. The van der Waals surface area contributed by atoms with Gasteiger partial charge in [0, 0.05) is 20.1 Å². The summed E-state index contributed by atoms with van der Waals surface area (Å²) in [6.07, 6.45) is -1.98. The fraction of sp³-hybridized carbons (Fsp3) is 0.579. The zero-order valence-electron chi connectivity index (χ0n) is 15.6. The molecular weight excluding hydrogens is 377 g/mol. The third-order valence-corrected chi connectivity index (χ3v) is 4.98. The van der Waals surface area contributed by atoms with Gasteiger partial charge < -0.3 is 20.1 Å². The number of benzene rings is 1. The third-order valence-electron chi connectivity index (χ3n) is 4.98. The second kappa shape index (κ2) is 9.88. The summed E-state index contributed by atoms with van der Waals surface area (Å²) in [5.41, 5.74) is 1.38. The van der Waals surface area contributed by atoms with Crippen molar-refractivity contribution in [2.75, 3.05) is 26.7 Å². The summed E-state index contributed by atoms with van der Waals surface area (Å²) in [5, 5.41) is 9.82. The number of carbonyl (C=O) groups is 2. The number of carbonyl (C=O) groups excluding carboxylic acids is 1. The lowest BCUT2D eigenvalue weighted by Gasteiger charge is -2.34. The van der Waals surface area contributed by atoms with Crippen LogP contribution in [0, 0.1) is 5.92 Å². The molecule has 3 rings (SSSR count).